The molecule has 0 bridgehead atoms. The van der Waals surface area contributed by atoms with Crippen LogP contribution >= 0.6 is 11.3 Å². The number of fused-ring (bicyclic) bond motifs is 1. The minimum absolute atomic E-state index is 0.0409. The number of hydrogen-bond donors (Lipinski definition) is 0. The fourth-order valence-corrected chi connectivity index (χ4v) is 5.67. The summed E-state index contributed by atoms with van der Waals surface area (Å²) in [6.07, 6.45) is -1.45. The number of hydrogen-bond acceptors (Lipinski definition) is 6. The zero-order valence-corrected chi connectivity index (χ0v) is 21.0. The molecule has 2 saturated heterocycles. The molecular weight excluding hydrogens is 517 g/mol. The van der Waals surface area contributed by atoms with E-state index in [1.807, 2.05) is 29.2 Å². The molecule has 2 fully saturated rings. The van der Waals surface area contributed by atoms with Crippen LogP contribution in [-0.2, 0) is 11.0 Å². The molecule has 38 heavy (non-hydrogen) atoms. The summed E-state index contributed by atoms with van der Waals surface area (Å²) in [7, 11) is 0. The zero-order chi connectivity index (χ0) is 26.4. The number of pyridine rings is 1. The highest BCUT2D eigenvalue weighted by molar-refractivity contribution is 7.07. The summed E-state index contributed by atoms with van der Waals surface area (Å²) in [5, 5.41) is 2.61. The van der Waals surface area contributed by atoms with Crippen molar-refractivity contribution < 1.29 is 22.8 Å². The van der Waals surface area contributed by atoms with Gasteiger partial charge in [0.1, 0.15) is 11.5 Å². The molecule has 0 radical (unpaired) electrons. The zero-order valence-electron chi connectivity index (χ0n) is 20.1. The molecule has 2 aliphatic heterocycles. The lowest BCUT2D eigenvalue weighted by Crippen LogP contribution is -2.52. The van der Waals surface area contributed by atoms with E-state index in [1.165, 1.54) is 17.4 Å². The third kappa shape index (κ3) is 4.54. The molecule has 5 heterocycles. The largest absolute Gasteiger partial charge is 0.417 e. The number of anilines is 1. The Kier molecular flexibility index (Phi) is 6.15. The van der Waals surface area contributed by atoms with E-state index in [4.69, 9.17) is 0 Å². The summed E-state index contributed by atoms with van der Waals surface area (Å²) in [5.41, 5.74) is 2.89. The van der Waals surface area contributed by atoms with Crippen molar-refractivity contribution in [1.29, 1.82) is 0 Å². The van der Waals surface area contributed by atoms with Crippen LogP contribution in [0.2, 0.25) is 0 Å². The van der Waals surface area contributed by atoms with Gasteiger partial charge in [0.05, 0.1) is 16.6 Å². The van der Waals surface area contributed by atoms with Gasteiger partial charge in [0.15, 0.2) is 0 Å². The van der Waals surface area contributed by atoms with Crippen molar-refractivity contribution in [3.63, 3.8) is 0 Å². The van der Waals surface area contributed by atoms with Gasteiger partial charge in [0, 0.05) is 74.0 Å². The lowest BCUT2D eigenvalue weighted by atomic mass is 10.2. The quantitative estimate of drug-likeness (QED) is 0.390. The Hall–Kier alpha value is -3.77. The van der Waals surface area contributed by atoms with Gasteiger partial charge in [-0.15, -0.1) is 11.3 Å². The number of nitrogens with zero attached hydrogens (tertiary/aromatic N) is 6. The van der Waals surface area contributed by atoms with E-state index in [9.17, 15) is 22.8 Å². The smallest absolute Gasteiger partial charge is 0.335 e. The van der Waals surface area contributed by atoms with E-state index in [0.717, 1.165) is 28.9 Å². The van der Waals surface area contributed by atoms with Crippen LogP contribution in [0.1, 0.15) is 22.5 Å². The van der Waals surface area contributed by atoms with E-state index < -0.39 is 11.7 Å². The second-order valence-corrected chi connectivity index (χ2v) is 10.1. The molecule has 4 aromatic rings. The van der Waals surface area contributed by atoms with Crippen LogP contribution < -0.4 is 4.90 Å². The van der Waals surface area contributed by atoms with Gasteiger partial charge < -0.3 is 14.4 Å². The van der Waals surface area contributed by atoms with Crippen molar-refractivity contribution >= 4 is 39.7 Å². The fourth-order valence-electron chi connectivity index (χ4n) is 5.15. The van der Waals surface area contributed by atoms with Crippen LogP contribution in [-0.4, -0.2) is 74.9 Å². The van der Waals surface area contributed by atoms with Crippen molar-refractivity contribution in [2.24, 2.45) is 0 Å². The molecule has 2 aliphatic rings. The molecule has 12 heteroatoms. The Balaban J connectivity index is 1.13. The first kappa shape index (κ1) is 24.6. The average molecular weight is 541 g/mol. The summed E-state index contributed by atoms with van der Waals surface area (Å²) in [6, 6.07) is 9.90. The molecule has 8 nitrogen and oxygen atoms in total. The maximum absolute atomic E-state index is 13.0. The molecule has 3 aromatic heterocycles. The standard InChI is InChI=1S/C26H23F3N6O2S/c27-26(28,29)18-1-4-23(30-13-18)34-6-5-17-11-19(2-3-22(17)34)35-14-20(12-24(35)36)32-7-9-33(10-8-32)25(37)21-15-38-16-31-21/h1-6,11,13,15-16,20H,7-10,12,14H2/t20-/m1/s1. The maximum atomic E-state index is 13.0. The van der Waals surface area contributed by atoms with Crippen LogP contribution in [0.25, 0.3) is 16.7 Å². The Morgan fingerprint density at radius 3 is 2.53 bits per heavy atom. The van der Waals surface area contributed by atoms with E-state index in [1.54, 1.807) is 26.6 Å². The third-order valence-electron chi connectivity index (χ3n) is 7.18. The number of aromatic nitrogens is 3. The van der Waals surface area contributed by atoms with Crippen LogP contribution in [0, 0.1) is 0 Å². The normalized spacial score (nSPS) is 19.0. The van der Waals surface area contributed by atoms with Gasteiger partial charge in [-0.2, -0.15) is 13.2 Å². The number of carbonyl (C=O) groups is 2. The Morgan fingerprint density at radius 2 is 1.84 bits per heavy atom. The molecule has 0 spiro atoms. The highest BCUT2D eigenvalue weighted by Crippen LogP contribution is 2.31. The van der Waals surface area contributed by atoms with Gasteiger partial charge in [-0.1, -0.05) is 0 Å². The summed E-state index contributed by atoms with van der Waals surface area (Å²) in [5.74, 6) is 0.367. The van der Waals surface area contributed by atoms with Crippen molar-refractivity contribution in [3.8, 4) is 5.82 Å². The molecule has 0 N–H and O–H groups in total. The van der Waals surface area contributed by atoms with Gasteiger partial charge in [-0.25, -0.2) is 9.97 Å². The SMILES string of the molecule is O=C(c1cscn1)N1CCN([C@@H]2CC(=O)N(c3ccc4c(ccn4-c4ccc(C(F)(F)F)cn4)c3)C2)CC1. The van der Waals surface area contributed by atoms with Crippen molar-refractivity contribution in [1.82, 2.24) is 24.3 Å². The number of halogens is 3. The summed E-state index contributed by atoms with van der Waals surface area (Å²) in [4.78, 5) is 39.5. The topological polar surface area (TPSA) is 74.6 Å². The average Bonchev–Trinajstić information content (AvgIpc) is 3.68. The lowest BCUT2D eigenvalue weighted by Gasteiger charge is -2.37. The van der Waals surface area contributed by atoms with E-state index in [0.29, 0.717) is 50.7 Å². The van der Waals surface area contributed by atoms with Gasteiger partial charge in [-0.05, 0) is 36.4 Å². The summed E-state index contributed by atoms with van der Waals surface area (Å²) < 4.78 is 40.4. The number of benzene rings is 1. The Bertz CT molecular complexity index is 1480. The molecule has 0 saturated carbocycles. The molecular formula is C26H23F3N6O2S. The second kappa shape index (κ2) is 9.52. The molecule has 0 unspecified atom stereocenters. The second-order valence-electron chi connectivity index (χ2n) is 9.40. The van der Waals surface area contributed by atoms with E-state index >= 15 is 0 Å². The monoisotopic (exact) mass is 540 g/mol. The molecule has 1 aromatic carbocycles. The molecule has 1 atom stereocenters. The van der Waals surface area contributed by atoms with Crippen molar-refractivity contribution in [3.05, 3.63) is 70.9 Å². The number of thiazole rings is 1. The van der Waals surface area contributed by atoms with Gasteiger partial charge in [0.2, 0.25) is 5.91 Å². The van der Waals surface area contributed by atoms with Crippen molar-refractivity contribution in [2.75, 3.05) is 37.6 Å². The highest BCUT2D eigenvalue weighted by atomic mass is 32.1. The third-order valence-corrected chi connectivity index (χ3v) is 7.77. The van der Waals surface area contributed by atoms with Gasteiger partial charge >= 0.3 is 6.18 Å². The summed E-state index contributed by atoms with van der Waals surface area (Å²) >= 11 is 1.40. The molecule has 0 aliphatic carbocycles. The summed E-state index contributed by atoms with van der Waals surface area (Å²) in [6.45, 7) is 3.15. The number of amides is 2. The highest BCUT2D eigenvalue weighted by Gasteiger charge is 2.36. The first-order chi connectivity index (χ1) is 18.3. The van der Waals surface area contributed by atoms with E-state index in [-0.39, 0.29) is 17.9 Å². The lowest BCUT2D eigenvalue weighted by molar-refractivity contribution is -0.137. The maximum Gasteiger partial charge on any atom is 0.417 e. The minimum Gasteiger partial charge on any atom is -0.335 e. The van der Waals surface area contributed by atoms with Crippen LogP contribution in [0.4, 0.5) is 18.9 Å². The minimum atomic E-state index is -4.44. The predicted molar refractivity (Wildman–Crippen MR) is 136 cm³/mol. The first-order valence-corrected chi connectivity index (χ1v) is 13.1. The number of alkyl halides is 3. The van der Waals surface area contributed by atoms with E-state index in [2.05, 4.69) is 14.9 Å². The van der Waals surface area contributed by atoms with Gasteiger partial charge in [0.25, 0.3) is 5.91 Å². The molecule has 196 valence electrons. The fraction of sp³-hybridized carbons (Fsp3) is 0.308. The number of carbonyl (C=O) groups excluding carboxylic acids is 2. The number of rotatable bonds is 4. The number of piperazine rings is 1. The van der Waals surface area contributed by atoms with Crippen LogP contribution in [0.15, 0.2) is 59.7 Å². The molecule has 2 amide bonds. The molecule has 6 rings (SSSR count). The first-order valence-electron chi connectivity index (χ1n) is 12.1. The van der Waals surface area contributed by atoms with Crippen molar-refractivity contribution in [2.45, 2.75) is 18.6 Å². The predicted octanol–water partition coefficient (Wildman–Crippen LogP) is 4.06. The Labute approximate surface area is 219 Å². The van der Waals surface area contributed by atoms with Gasteiger partial charge in [-0.3, -0.25) is 14.5 Å². The van der Waals surface area contributed by atoms with Crippen LogP contribution in [0.5, 0.6) is 0 Å². The van der Waals surface area contributed by atoms with Crippen LogP contribution in [0.3, 0.4) is 0 Å². The Morgan fingerprint density at radius 1 is 1.03 bits per heavy atom.